The van der Waals surface area contributed by atoms with Crippen LogP contribution in [0.1, 0.15) is 0 Å². The van der Waals surface area contributed by atoms with Crippen molar-refractivity contribution in [3.05, 3.63) is 0 Å². The Morgan fingerprint density at radius 2 is 0.519 bits per heavy atom. The average Bonchev–Trinajstić information content (AvgIpc) is 2.92. The highest BCUT2D eigenvalue weighted by atomic mass is 19.4. The van der Waals surface area contributed by atoms with Crippen LogP contribution >= 0.6 is 0 Å². The van der Waals surface area contributed by atoms with Crippen molar-refractivity contribution in [2.24, 2.45) is 5.41 Å². The van der Waals surface area contributed by atoms with E-state index in [1.807, 2.05) is 0 Å². The normalized spacial score (nSPS) is 18.6. The van der Waals surface area contributed by atoms with Crippen LogP contribution in [-0.2, 0) is 14.2 Å². The molecule has 0 bridgehead atoms. The zero-order valence-electron chi connectivity index (χ0n) is 24.3. The number of hydrogen-bond acceptors (Lipinski definition) is 3. The molecule has 0 N–H and O–H groups in total. The van der Waals surface area contributed by atoms with Gasteiger partial charge in [-0.2, -0.15) is 132 Å². The second-order valence-electron chi connectivity index (χ2n) is 11.1. The van der Waals surface area contributed by atoms with Crippen molar-refractivity contribution in [1.29, 1.82) is 0 Å². The lowest BCUT2D eigenvalue weighted by molar-refractivity contribution is -0.454. The van der Waals surface area contributed by atoms with Crippen molar-refractivity contribution in [1.82, 2.24) is 0 Å². The predicted molar refractivity (Wildman–Crippen MR) is 106 cm³/mol. The zero-order chi connectivity index (χ0) is 43.9. The Morgan fingerprint density at radius 1 is 0.315 bits per heavy atom. The molecule has 0 aliphatic carbocycles. The first-order valence-corrected chi connectivity index (χ1v) is 12.5. The first kappa shape index (κ1) is 49.8. The Balaban J connectivity index is 3.21. The fourth-order valence-corrected chi connectivity index (χ4v) is 3.57. The fraction of sp³-hybridized carbons (Fsp3) is 1.00. The van der Waals surface area contributed by atoms with Gasteiger partial charge < -0.3 is 14.2 Å². The van der Waals surface area contributed by atoms with Crippen LogP contribution < -0.4 is 0 Å². The largest absolute Gasteiger partial charge is 0.460 e. The summed E-state index contributed by atoms with van der Waals surface area (Å²) in [5, 5.41) is 0. The Morgan fingerprint density at radius 3 is 0.704 bits per heavy atom. The van der Waals surface area contributed by atoms with Crippen LogP contribution in [0.3, 0.4) is 0 Å². The fourth-order valence-electron chi connectivity index (χ4n) is 3.57. The summed E-state index contributed by atoms with van der Waals surface area (Å²) in [5.41, 5.74) is -2.61. The lowest BCUT2D eigenvalue weighted by atomic mass is 9.88. The molecule has 1 saturated heterocycles. The van der Waals surface area contributed by atoms with Crippen LogP contribution in [0, 0.1) is 5.41 Å². The maximum Gasteiger partial charge on any atom is 0.460 e. The lowest BCUT2D eigenvalue weighted by Crippen LogP contribution is -2.73. The molecule has 54 heavy (non-hydrogen) atoms. The molecule has 324 valence electrons. The number of alkyl halides is 30. The van der Waals surface area contributed by atoms with E-state index in [0.717, 1.165) is 0 Å². The first-order chi connectivity index (χ1) is 23.1. The Labute approximate surface area is 275 Å². The highest BCUT2D eigenvalue weighted by Gasteiger charge is 2.95. The Bertz CT molecular complexity index is 1210. The van der Waals surface area contributed by atoms with E-state index in [1.165, 1.54) is 0 Å². The maximum atomic E-state index is 13.9. The number of hydrogen-bond donors (Lipinski definition) is 0. The first-order valence-electron chi connectivity index (χ1n) is 12.5. The van der Waals surface area contributed by atoms with Gasteiger partial charge in [-0.3, -0.25) is 0 Å². The summed E-state index contributed by atoms with van der Waals surface area (Å²) in [6, 6.07) is 0. The van der Waals surface area contributed by atoms with E-state index >= 15 is 0 Å². The standard InChI is InChI=1S/C21H12F30O3/c22-8(23,10(26,27)12(30,31)14(34,35)16(38,39)18(42,43)20(46,47)48)5-53-3-7(1-52-2-7)4-54-6-9(24,25)11(28,29)13(32,33)15(36,37)17(40,41)19(44,45)21(49,50)51/h1-6H2. The van der Waals surface area contributed by atoms with Gasteiger partial charge in [-0.05, 0) is 0 Å². The van der Waals surface area contributed by atoms with Gasteiger partial charge in [-0.15, -0.1) is 0 Å². The molecule has 1 fully saturated rings. The van der Waals surface area contributed by atoms with Crippen molar-refractivity contribution in [3.63, 3.8) is 0 Å². The minimum Gasteiger partial charge on any atom is -0.380 e. The van der Waals surface area contributed by atoms with E-state index in [4.69, 9.17) is 0 Å². The number of rotatable bonds is 18. The quantitative estimate of drug-likeness (QED) is 0.129. The summed E-state index contributed by atoms with van der Waals surface area (Å²) in [4.78, 5) is 0. The van der Waals surface area contributed by atoms with E-state index in [-0.39, 0.29) is 0 Å². The second kappa shape index (κ2) is 13.4. The van der Waals surface area contributed by atoms with Crippen molar-refractivity contribution >= 4 is 0 Å². The number of ether oxygens (including phenoxy) is 3. The summed E-state index contributed by atoms with van der Waals surface area (Å²) in [6.07, 6.45) is -15.8. The van der Waals surface area contributed by atoms with E-state index < -0.39 is 128 Å². The van der Waals surface area contributed by atoms with Gasteiger partial charge >= 0.3 is 83.4 Å². The third kappa shape index (κ3) is 7.03. The van der Waals surface area contributed by atoms with E-state index in [0.29, 0.717) is 0 Å². The molecule has 0 amide bonds. The minimum absolute atomic E-state index is 1.28. The molecule has 3 nitrogen and oxygen atoms in total. The molecule has 1 heterocycles. The summed E-state index contributed by atoms with van der Waals surface area (Å²) in [7, 11) is 0. The Kier molecular flexibility index (Phi) is 12.4. The zero-order valence-corrected chi connectivity index (χ0v) is 24.3. The van der Waals surface area contributed by atoms with Gasteiger partial charge in [-0.1, -0.05) is 0 Å². The van der Waals surface area contributed by atoms with Crippen LogP contribution in [-0.4, -0.2) is 123 Å². The molecular formula is C21H12F30O3. The highest BCUT2D eigenvalue weighted by molar-refractivity contribution is 5.14. The van der Waals surface area contributed by atoms with Gasteiger partial charge in [0.05, 0.1) is 31.8 Å². The summed E-state index contributed by atoms with van der Waals surface area (Å²) < 4.78 is 409. The van der Waals surface area contributed by atoms with E-state index in [1.54, 1.807) is 0 Å². The molecule has 33 heteroatoms. The van der Waals surface area contributed by atoms with Crippen molar-refractivity contribution in [2.75, 3.05) is 39.6 Å². The predicted octanol–water partition coefficient (Wildman–Crippen LogP) is 9.78. The van der Waals surface area contributed by atoms with Crippen LogP contribution in [0.25, 0.3) is 0 Å². The molecule has 0 atom stereocenters. The topological polar surface area (TPSA) is 27.7 Å². The smallest absolute Gasteiger partial charge is 0.380 e. The Hall–Kier alpha value is -2.22. The highest BCUT2D eigenvalue weighted by Crippen LogP contribution is 2.64. The van der Waals surface area contributed by atoms with Crippen LogP contribution in [0.5, 0.6) is 0 Å². The van der Waals surface area contributed by atoms with Crippen molar-refractivity contribution in [2.45, 2.75) is 83.4 Å². The molecule has 0 aromatic rings. The molecule has 1 rings (SSSR count). The van der Waals surface area contributed by atoms with Gasteiger partial charge in [0.1, 0.15) is 13.2 Å². The molecular weight excluding hydrogens is 870 g/mol. The lowest BCUT2D eigenvalue weighted by Gasteiger charge is -2.43. The molecule has 0 unspecified atom stereocenters. The van der Waals surface area contributed by atoms with Crippen molar-refractivity contribution in [3.8, 4) is 0 Å². The SMILES string of the molecule is FC(F)(F)C(F)(F)C(F)(F)C(F)(F)C(F)(F)C(F)(F)C(F)(F)COCC1(COCC(F)(F)C(F)(F)C(F)(F)C(F)(F)C(F)(F)C(F)(F)C(F)(F)F)COC1. The maximum absolute atomic E-state index is 13.9. The third-order valence-electron chi connectivity index (χ3n) is 6.99. The van der Waals surface area contributed by atoms with Gasteiger partial charge in [0, 0.05) is 0 Å². The van der Waals surface area contributed by atoms with Gasteiger partial charge in [0.25, 0.3) is 0 Å². The minimum atomic E-state index is -8.70. The molecule has 0 saturated carbocycles. The van der Waals surface area contributed by atoms with Gasteiger partial charge in [-0.25, -0.2) is 0 Å². The summed E-state index contributed by atoms with van der Waals surface area (Å²) >= 11 is 0. The van der Waals surface area contributed by atoms with Gasteiger partial charge in [0.15, 0.2) is 0 Å². The molecule has 1 aliphatic rings. The van der Waals surface area contributed by atoms with Crippen molar-refractivity contribution < 1.29 is 146 Å². The average molecular weight is 882 g/mol. The van der Waals surface area contributed by atoms with Crippen LogP contribution in [0.4, 0.5) is 132 Å². The molecule has 0 radical (unpaired) electrons. The molecule has 1 aliphatic heterocycles. The number of halogens is 30. The second-order valence-corrected chi connectivity index (χ2v) is 11.1. The third-order valence-corrected chi connectivity index (χ3v) is 6.99. The van der Waals surface area contributed by atoms with Gasteiger partial charge in [0.2, 0.25) is 0 Å². The monoisotopic (exact) mass is 882 g/mol. The van der Waals surface area contributed by atoms with E-state index in [9.17, 15) is 132 Å². The molecule has 0 spiro atoms. The molecule has 0 aromatic heterocycles. The summed E-state index contributed by atoms with van der Waals surface area (Å²) in [5.74, 6) is -98.7. The molecule has 0 aromatic carbocycles. The van der Waals surface area contributed by atoms with E-state index in [2.05, 4.69) is 14.2 Å². The van der Waals surface area contributed by atoms with Crippen LogP contribution in [0.15, 0.2) is 0 Å². The summed E-state index contributed by atoms with van der Waals surface area (Å²) in [6.45, 7) is -13.6. The van der Waals surface area contributed by atoms with Crippen LogP contribution in [0.2, 0.25) is 0 Å².